The van der Waals surface area contributed by atoms with Gasteiger partial charge in [0.05, 0.1) is 6.10 Å². The number of amides is 1. The molecule has 4 nitrogen and oxygen atoms in total. The second kappa shape index (κ2) is 7.99. The normalized spacial score (nSPS) is 29.9. The molecule has 0 aromatic carbocycles. The van der Waals surface area contributed by atoms with Crippen LogP contribution in [0.2, 0.25) is 0 Å². The van der Waals surface area contributed by atoms with Crippen molar-refractivity contribution in [2.45, 2.75) is 77.0 Å². The molecule has 2 fully saturated rings. The maximum Gasteiger partial charge on any atom is 0.249 e. The highest BCUT2D eigenvalue weighted by atomic mass is 16.5. The molecule has 1 saturated heterocycles. The molecule has 1 saturated carbocycles. The third kappa shape index (κ3) is 4.45. The molecule has 3 atom stereocenters. The van der Waals surface area contributed by atoms with Gasteiger partial charge in [-0.15, -0.1) is 0 Å². The average molecular weight is 282 g/mol. The van der Waals surface area contributed by atoms with Crippen LogP contribution >= 0.6 is 0 Å². The first-order valence-electron chi connectivity index (χ1n) is 8.37. The first kappa shape index (κ1) is 15.8. The van der Waals surface area contributed by atoms with Crippen molar-refractivity contribution in [3.63, 3.8) is 0 Å². The topological polar surface area (TPSA) is 50.4 Å². The molecule has 2 N–H and O–H groups in total. The molecule has 116 valence electrons. The zero-order valence-corrected chi connectivity index (χ0v) is 13.0. The van der Waals surface area contributed by atoms with E-state index in [9.17, 15) is 4.79 Å². The van der Waals surface area contributed by atoms with Crippen molar-refractivity contribution in [1.29, 1.82) is 0 Å². The molecule has 2 aliphatic rings. The third-order valence-corrected chi connectivity index (χ3v) is 4.73. The first-order chi connectivity index (χ1) is 9.70. The van der Waals surface area contributed by atoms with Gasteiger partial charge >= 0.3 is 0 Å². The minimum absolute atomic E-state index is 0.0821. The van der Waals surface area contributed by atoms with E-state index in [1.54, 1.807) is 0 Å². The highest BCUT2D eigenvalue weighted by molar-refractivity contribution is 5.81. The molecule has 1 aliphatic carbocycles. The fraction of sp³-hybridized carbons (Fsp3) is 0.938. The van der Waals surface area contributed by atoms with Crippen LogP contribution in [0.15, 0.2) is 0 Å². The first-order valence-corrected chi connectivity index (χ1v) is 8.37. The van der Waals surface area contributed by atoms with Gasteiger partial charge in [0.15, 0.2) is 0 Å². The molecule has 0 radical (unpaired) electrons. The van der Waals surface area contributed by atoms with Gasteiger partial charge in [-0.3, -0.25) is 4.79 Å². The van der Waals surface area contributed by atoms with Crippen LogP contribution in [0.25, 0.3) is 0 Å². The molecule has 1 amide bonds. The van der Waals surface area contributed by atoms with E-state index in [1.807, 2.05) is 6.92 Å². The van der Waals surface area contributed by atoms with Gasteiger partial charge in [0.25, 0.3) is 0 Å². The highest BCUT2D eigenvalue weighted by Crippen LogP contribution is 2.22. The van der Waals surface area contributed by atoms with Crippen LogP contribution in [0.3, 0.4) is 0 Å². The standard InChI is InChI=1S/C16H30N2O2/c1-3-15(20-13-7-5-4-6-8-13)16(19)18-14-11-17-10-9-12(14)2/h12-15,17H,3-11H2,1-2H3,(H,18,19). The van der Waals surface area contributed by atoms with E-state index < -0.39 is 0 Å². The van der Waals surface area contributed by atoms with Crippen molar-refractivity contribution < 1.29 is 9.53 Å². The second-order valence-corrected chi connectivity index (χ2v) is 6.38. The SMILES string of the molecule is CCC(OC1CCCCC1)C(=O)NC1CNCCC1C. The summed E-state index contributed by atoms with van der Waals surface area (Å²) in [5.74, 6) is 0.631. The fourth-order valence-corrected chi connectivity index (χ4v) is 3.24. The van der Waals surface area contributed by atoms with E-state index in [0.717, 1.165) is 38.8 Å². The second-order valence-electron chi connectivity index (χ2n) is 6.38. The molecule has 0 aromatic heterocycles. The van der Waals surface area contributed by atoms with E-state index >= 15 is 0 Å². The molecule has 4 heteroatoms. The lowest BCUT2D eigenvalue weighted by Gasteiger charge is -2.32. The number of rotatable bonds is 5. The smallest absolute Gasteiger partial charge is 0.249 e. The number of ether oxygens (including phenoxy) is 1. The van der Waals surface area contributed by atoms with Crippen molar-refractivity contribution >= 4 is 5.91 Å². The number of hydrogen-bond donors (Lipinski definition) is 2. The number of carbonyl (C=O) groups is 1. The van der Waals surface area contributed by atoms with Gasteiger partial charge in [0, 0.05) is 12.6 Å². The molecule has 20 heavy (non-hydrogen) atoms. The van der Waals surface area contributed by atoms with E-state index in [1.165, 1.54) is 19.3 Å². The van der Waals surface area contributed by atoms with Crippen LogP contribution in [0.1, 0.15) is 58.8 Å². The summed E-state index contributed by atoms with van der Waals surface area (Å²) in [7, 11) is 0. The zero-order chi connectivity index (χ0) is 14.4. The highest BCUT2D eigenvalue weighted by Gasteiger charge is 2.28. The van der Waals surface area contributed by atoms with Crippen molar-refractivity contribution in [3.05, 3.63) is 0 Å². The van der Waals surface area contributed by atoms with Crippen molar-refractivity contribution in [3.8, 4) is 0 Å². The Morgan fingerprint density at radius 3 is 2.70 bits per heavy atom. The van der Waals surface area contributed by atoms with Crippen molar-refractivity contribution in [2.24, 2.45) is 5.92 Å². The van der Waals surface area contributed by atoms with E-state index in [2.05, 4.69) is 17.6 Å². The number of piperidine rings is 1. The Morgan fingerprint density at radius 1 is 1.30 bits per heavy atom. The summed E-state index contributed by atoms with van der Waals surface area (Å²) in [6.07, 6.45) is 7.94. The molecular formula is C16H30N2O2. The molecule has 2 rings (SSSR count). The maximum atomic E-state index is 12.4. The zero-order valence-electron chi connectivity index (χ0n) is 13.0. The Hall–Kier alpha value is -0.610. The summed E-state index contributed by atoms with van der Waals surface area (Å²) in [4.78, 5) is 12.4. The molecular weight excluding hydrogens is 252 g/mol. The fourth-order valence-electron chi connectivity index (χ4n) is 3.24. The van der Waals surface area contributed by atoms with Gasteiger partial charge in [-0.25, -0.2) is 0 Å². The van der Waals surface area contributed by atoms with Crippen molar-refractivity contribution in [2.75, 3.05) is 13.1 Å². The molecule has 1 aliphatic heterocycles. The summed E-state index contributed by atoms with van der Waals surface area (Å²) in [5, 5.41) is 6.54. The summed E-state index contributed by atoms with van der Waals surface area (Å²) in [6, 6.07) is 0.250. The number of nitrogens with one attached hydrogen (secondary N) is 2. The van der Waals surface area contributed by atoms with Gasteiger partial charge < -0.3 is 15.4 Å². The Morgan fingerprint density at radius 2 is 2.05 bits per heavy atom. The van der Waals surface area contributed by atoms with E-state index in [-0.39, 0.29) is 18.1 Å². The largest absolute Gasteiger partial charge is 0.365 e. The van der Waals surface area contributed by atoms with Crippen LogP contribution < -0.4 is 10.6 Å². The van der Waals surface area contributed by atoms with Gasteiger partial charge in [0.1, 0.15) is 6.10 Å². The molecule has 3 unspecified atom stereocenters. The summed E-state index contributed by atoms with van der Waals surface area (Å²) in [6.45, 7) is 6.19. The Bertz CT molecular complexity index is 303. The van der Waals surface area contributed by atoms with Crippen LogP contribution in [0.4, 0.5) is 0 Å². The molecule has 0 aromatic rings. The predicted octanol–water partition coefficient (Wildman–Crippen LogP) is 2.23. The van der Waals surface area contributed by atoms with Gasteiger partial charge in [0.2, 0.25) is 5.91 Å². The Kier molecular flexibility index (Phi) is 6.30. The lowest BCUT2D eigenvalue weighted by Crippen LogP contribution is -2.53. The van der Waals surface area contributed by atoms with Crippen molar-refractivity contribution in [1.82, 2.24) is 10.6 Å². The quantitative estimate of drug-likeness (QED) is 0.813. The van der Waals surface area contributed by atoms with Crippen LogP contribution in [0.5, 0.6) is 0 Å². The van der Waals surface area contributed by atoms with Gasteiger partial charge in [-0.2, -0.15) is 0 Å². The van der Waals surface area contributed by atoms with Crippen LogP contribution in [0, 0.1) is 5.92 Å². The van der Waals surface area contributed by atoms with Gasteiger partial charge in [-0.1, -0.05) is 33.1 Å². The summed E-state index contributed by atoms with van der Waals surface area (Å²) >= 11 is 0. The number of hydrogen-bond acceptors (Lipinski definition) is 3. The minimum Gasteiger partial charge on any atom is -0.365 e. The number of carbonyl (C=O) groups excluding carboxylic acids is 1. The van der Waals surface area contributed by atoms with Gasteiger partial charge in [-0.05, 0) is 38.1 Å². The molecule has 0 spiro atoms. The minimum atomic E-state index is -0.271. The van der Waals surface area contributed by atoms with E-state index in [4.69, 9.17) is 4.74 Å². The lowest BCUT2D eigenvalue weighted by atomic mass is 9.94. The Balaban J connectivity index is 1.81. The molecule has 1 heterocycles. The monoisotopic (exact) mass is 282 g/mol. The van der Waals surface area contributed by atoms with Crippen LogP contribution in [-0.2, 0) is 9.53 Å². The maximum absolute atomic E-state index is 12.4. The van der Waals surface area contributed by atoms with E-state index in [0.29, 0.717) is 12.0 Å². The Labute approximate surface area is 123 Å². The summed E-state index contributed by atoms with van der Waals surface area (Å²) < 4.78 is 6.05. The predicted molar refractivity (Wildman–Crippen MR) is 80.6 cm³/mol. The third-order valence-electron chi connectivity index (χ3n) is 4.73. The average Bonchev–Trinajstić information content (AvgIpc) is 2.48. The molecule has 0 bridgehead atoms. The van der Waals surface area contributed by atoms with Crippen LogP contribution in [-0.4, -0.2) is 37.2 Å². The summed E-state index contributed by atoms with van der Waals surface area (Å²) in [5.41, 5.74) is 0. The lowest BCUT2D eigenvalue weighted by molar-refractivity contribution is -0.139.